The molecule has 0 spiro atoms. The summed E-state index contributed by atoms with van der Waals surface area (Å²) in [5.41, 5.74) is 6.01. The van der Waals surface area contributed by atoms with Crippen molar-refractivity contribution in [1.82, 2.24) is 4.90 Å². The third-order valence-corrected chi connectivity index (χ3v) is 2.99. The van der Waals surface area contributed by atoms with Gasteiger partial charge in [-0.15, -0.1) is 0 Å². The lowest BCUT2D eigenvalue weighted by Crippen LogP contribution is -2.31. The number of nitrogens with two attached hydrogens (primary N) is 1. The summed E-state index contributed by atoms with van der Waals surface area (Å²) in [6, 6.07) is 0.138. The van der Waals surface area contributed by atoms with Crippen molar-refractivity contribution in [2.45, 2.75) is 25.3 Å². The molecule has 2 N–H and O–H groups in total. The number of hydrogen-bond acceptors (Lipinski definition) is 4. The van der Waals surface area contributed by atoms with Gasteiger partial charge in [0, 0.05) is 12.5 Å². The van der Waals surface area contributed by atoms with Crippen molar-refractivity contribution >= 4 is 5.97 Å². The van der Waals surface area contributed by atoms with Crippen molar-refractivity contribution in [2.75, 3.05) is 27.2 Å². The molecule has 0 saturated carbocycles. The van der Waals surface area contributed by atoms with Crippen LogP contribution in [0.1, 0.15) is 19.3 Å². The van der Waals surface area contributed by atoms with Gasteiger partial charge in [-0.05, 0) is 38.9 Å². The first-order chi connectivity index (χ1) is 6.63. The predicted molar refractivity (Wildman–Crippen MR) is 54.8 cm³/mol. The molecule has 0 amide bonds. The van der Waals surface area contributed by atoms with Gasteiger partial charge in [0.25, 0.3) is 0 Å². The molecule has 0 aliphatic carbocycles. The summed E-state index contributed by atoms with van der Waals surface area (Å²) < 4.78 is 4.66. The van der Waals surface area contributed by atoms with Crippen molar-refractivity contribution < 1.29 is 9.53 Å². The maximum absolute atomic E-state index is 11.1. The van der Waals surface area contributed by atoms with Gasteiger partial charge in [-0.25, -0.2) is 0 Å². The number of esters is 1. The third-order valence-electron chi connectivity index (χ3n) is 2.99. The van der Waals surface area contributed by atoms with Gasteiger partial charge in [-0.2, -0.15) is 0 Å². The normalized spacial score (nSPS) is 29.6. The lowest BCUT2D eigenvalue weighted by Gasteiger charge is -2.19. The zero-order valence-electron chi connectivity index (χ0n) is 9.03. The highest BCUT2D eigenvalue weighted by atomic mass is 16.5. The summed E-state index contributed by atoms with van der Waals surface area (Å²) in [7, 11) is 3.52. The van der Waals surface area contributed by atoms with E-state index in [1.807, 2.05) is 0 Å². The summed E-state index contributed by atoms with van der Waals surface area (Å²) in [5.74, 6) is 0.141. The Balaban J connectivity index is 2.45. The molecular weight excluding hydrogens is 180 g/mol. The van der Waals surface area contributed by atoms with Crippen LogP contribution in [0, 0.1) is 5.92 Å². The van der Waals surface area contributed by atoms with Crippen LogP contribution < -0.4 is 5.73 Å². The van der Waals surface area contributed by atoms with Crippen molar-refractivity contribution in [3.05, 3.63) is 0 Å². The Morgan fingerprint density at radius 3 is 2.79 bits per heavy atom. The van der Waals surface area contributed by atoms with Crippen LogP contribution in [-0.2, 0) is 9.53 Å². The zero-order chi connectivity index (χ0) is 10.6. The van der Waals surface area contributed by atoms with E-state index in [9.17, 15) is 4.79 Å². The highest BCUT2D eigenvalue weighted by Gasteiger charge is 2.24. The van der Waals surface area contributed by atoms with E-state index in [-0.39, 0.29) is 17.9 Å². The Labute approximate surface area is 85.4 Å². The van der Waals surface area contributed by atoms with Crippen molar-refractivity contribution in [1.29, 1.82) is 0 Å². The number of carbonyl (C=O) groups is 1. The number of ether oxygens (including phenoxy) is 1. The Morgan fingerprint density at radius 2 is 2.14 bits per heavy atom. The molecule has 1 heterocycles. The minimum absolute atomic E-state index is 0.138. The number of rotatable bonds is 2. The fourth-order valence-corrected chi connectivity index (χ4v) is 1.87. The Bertz CT molecular complexity index is 197. The van der Waals surface area contributed by atoms with E-state index < -0.39 is 0 Å². The van der Waals surface area contributed by atoms with Crippen LogP contribution in [0.4, 0.5) is 0 Å². The number of carbonyl (C=O) groups excluding carboxylic acids is 1. The van der Waals surface area contributed by atoms with E-state index in [1.54, 1.807) is 0 Å². The summed E-state index contributed by atoms with van der Waals surface area (Å²) >= 11 is 0. The third kappa shape index (κ3) is 3.27. The van der Waals surface area contributed by atoms with Gasteiger partial charge in [0.15, 0.2) is 0 Å². The molecule has 1 saturated heterocycles. The minimum atomic E-state index is -0.144. The maximum atomic E-state index is 11.1. The molecule has 1 fully saturated rings. The molecule has 0 radical (unpaired) electrons. The van der Waals surface area contributed by atoms with Crippen LogP contribution in [-0.4, -0.2) is 44.2 Å². The van der Waals surface area contributed by atoms with Crippen LogP contribution in [0.2, 0.25) is 0 Å². The first-order valence-electron chi connectivity index (χ1n) is 5.14. The van der Waals surface area contributed by atoms with Crippen LogP contribution in [0.25, 0.3) is 0 Å². The molecule has 1 aliphatic heterocycles. The molecule has 0 unspecified atom stereocenters. The Morgan fingerprint density at radius 1 is 1.50 bits per heavy atom. The lowest BCUT2D eigenvalue weighted by atomic mass is 9.92. The van der Waals surface area contributed by atoms with Crippen molar-refractivity contribution in [3.63, 3.8) is 0 Å². The molecule has 0 aromatic heterocycles. The Hall–Kier alpha value is -0.610. The van der Waals surface area contributed by atoms with Gasteiger partial charge >= 0.3 is 5.97 Å². The number of methoxy groups -OCH3 is 1. The molecule has 82 valence electrons. The molecule has 1 aliphatic rings. The summed E-state index contributed by atoms with van der Waals surface area (Å²) in [5, 5.41) is 0. The number of nitrogens with zero attached hydrogens (tertiary/aromatic N) is 1. The number of hydrogen-bond donors (Lipinski definition) is 1. The largest absolute Gasteiger partial charge is 0.469 e. The van der Waals surface area contributed by atoms with E-state index in [4.69, 9.17) is 5.73 Å². The quantitative estimate of drug-likeness (QED) is 0.648. The second-order valence-corrected chi connectivity index (χ2v) is 4.08. The molecule has 4 nitrogen and oxygen atoms in total. The topological polar surface area (TPSA) is 55.6 Å². The van der Waals surface area contributed by atoms with E-state index in [2.05, 4.69) is 16.7 Å². The maximum Gasteiger partial charge on any atom is 0.305 e. The van der Waals surface area contributed by atoms with E-state index in [1.165, 1.54) is 7.11 Å². The Kier molecular flexibility index (Phi) is 4.35. The van der Waals surface area contributed by atoms with E-state index >= 15 is 0 Å². The number of likely N-dealkylation sites (tertiary alicyclic amines) is 1. The standard InChI is InChI=1S/C10H20N2O2/c1-12-5-3-8(7-10(13)14-2)9(11)4-6-12/h8-9H,3-7,11H2,1-2H3/t8-,9+/m1/s1. The first kappa shape index (κ1) is 11.5. The fourth-order valence-electron chi connectivity index (χ4n) is 1.87. The molecule has 0 aromatic carbocycles. The van der Waals surface area contributed by atoms with Crippen molar-refractivity contribution in [2.24, 2.45) is 11.7 Å². The van der Waals surface area contributed by atoms with Gasteiger partial charge in [0.1, 0.15) is 0 Å². The monoisotopic (exact) mass is 200 g/mol. The van der Waals surface area contributed by atoms with Crippen LogP contribution >= 0.6 is 0 Å². The zero-order valence-corrected chi connectivity index (χ0v) is 9.03. The summed E-state index contributed by atoms with van der Waals surface area (Å²) in [6.07, 6.45) is 2.43. The van der Waals surface area contributed by atoms with Crippen LogP contribution in [0.15, 0.2) is 0 Å². The second kappa shape index (κ2) is 5.32. The molecular formula is C10H20N2O2. The average Bonchev–Trinajstić information content (AvgIpc) is 2.33. The van der Waals surface area contributed by atoms with Gasteiger partial charge in [-0.3, -0.25) is 4.79 Å². The van der Waals surface area contributed by atoms with Gasteiger partial charge in [0.05, 0.1) is 7.11 Å². The second-order valence-electron chi connectivity index (χ2n) is 4.08. The van der Waals surface area contributed by atoms with E-state index in [0.29, 0.717) is 6.42 Å². The highest BCUT2D eigenvalue weighted by Crippen LogP contribution is 2.19. The predicted octanol–water partition coefficient (Wildman–Crippen LogP) is 0.219. The van der Waals surface area contributed by atoms with Crippen LogP contribution in [0.5, 0.6) is 0 Å². The molecule has 0 aromatic rings. The molecule has 2 atom stereocenters. The fraction of sp³-hybridized carbons (Fsp3) is 0.900. The molecule has 1 rings (SSSR count). The van der Waals surface area contributed by atoms with Crippen molar-refractivity contribution in [3.8, 4) is 0 Å². The lowest BCUT2D eigenvalue weighted by molar-refractivity contribution is -0.141. The SMILES string of the molecule is COC(=O)C[C@H]1CCN(C)CC[C@@H]1N. The van der Waals surface area contributed by atoms with Crippen LogP contribution in [0.3, 0.4) is 0 Å². The van der Waals surface area contributed by atoms with Gasteiger partial charge in [0.2, 0.25) is 0 Å². The average molecular weight is 200 g/mol. The minimum Gasteiger partial charge on any atom is -0.469 e. The van der Waals surface area contributed by atoms with Gasteiger partial charge in [-0.1, -0.05) is 0 Å². The molecule has 0 bridgehead atoms. The first-order valence-corrected chi connectivity index (χ1v) is 5.14. The summed E-state index contributed by atoms with van der Waals surface area (Å²) in [6.45, 7) is 2.05. The molecule has 14 heavy (non-hydrogen) atoms. The highest BCUT2D eigenvalue weighted by molar-refractivity contribution is 5.69. The smallest absolute Gasteiger partial charge is 0.305 e. The van der Waals surface area contributed by atoms with Gasteiger partial charge < -0.3 is 15.4 Å². The molecule has 4 heteroatoms. The van der Waals surface area contributed by atoms with E-state index in [0.717, 1.165) is 25.9 Å². The summed E-state index contributed by atoms with van der Waals surface area (Å²) in [4.78, 5) is 13.4.